The Morgan fingerprint density at radius 2 is 2.13 bits per heavy atom. The van der Waals surface area contributed by atoms with Crippen molar-refractivity contribution in [2.45, 2.75) is 32.4 Å². The molecule has 2 aromatic rings. The third-order valence-electron chi connectivity index (χ3n) is 4.44. The first kappa shape index (κ1) is 17.6. The second-order valence-corrected chi connectivity index (χ2v) is 5.97. The molecule has 23 heavy (non-hydrogen) atoms. The molecule has 2 heterocycles. The van der Waals surface area contributed by atoms with Gasteiger partial charge in [-0.3, -0.25) is 9.36 Å². The van der Waals surface area contributed by atoms with Gasteiger partial charge in [0.15, 0.2) is 5.58 Å². The summed E-state index contributed by atoms with van der Waals surface area (Å²) in [7, 11) is 0. The molecule has 2 unspecified atom stereocenters. The van der Waals surface area contributed by atoms with Crippen LogP contribution in [-0.4, -0.2) is 34.5 Å². The van der Waals surface area contributed by atoms with Crippen molar-refractivity contribution in [2.24, 2.45) is 11.7 Å². The molecule has 1 amide bonds. The number of aromatic nitrogens is 1. The van der Waals surface area contributed by atoms with Crippen LogP contribution in [0.3, 0.4) is 0 Å². The molecule has 0 bridgehead atoms. The maximum atomic E-state index is 12.4. The number of nitrogens with zero attached hydrogens (tertiary/aromatic N) is 2. The second kappa shape index (κ2) is 7.19. The summed E-state index contributed by atoms with van der Waals surface area (Å²) < 4.78 is 6.70. The van der Waals surface area contributed by atoms with Gasteiger partial charge in [0.2, 0.25) is 5.91 Å². The molecular weight excluding hydrogens is 318 g/mol. The van der Waals surface area contributed by atoms with Crippen molar-refractivity contribution in [1.82, 2.24) is 9.47 Å². The van der Waals surface area contributed by atoms with Crippen molar-refractivity contribution in [2.75, 3.05) is 13.1 Å². The second-order valence-electron chi connectivity index (χ2n) is 5.97. The molecule has 1 saturated heterocycles. The van der Waals surface area contributed by atoms with E-state index in [0.29, 0.717) is 31.0 Å². The van der Waals surface area contributed by atoms with E-state index in [1.165, 1.54) is 4.57 Å². The van der Waals surface area contributed by atoms with Crippen LogP contribution >= 0.6 is 12.4 Å². The van der Waals surface area contributed by atoms with Gasteiger partial charge in [-0.2, -0.15) is 0 Å². The zero-order valence-electron chi connectivity index (χ0n) is 13.1. The number of rotatable bonds is 4. The zero-order chi connectivity index (χ0) is 15.7. The van der Waals surface area contributed by atoms with E-state index in [1.54, 1.807) is 6.07 Å². The lowest BCUT2D eigenvalue weighted by Gasteiger charge is -2.21. The van der Waals surface area contributed by atoms with Gasteiger partial charge in [-0.15, -0.1) is 12.4 Å². The summed E-state index contributed by atoms with van der Waals surface area (Å²) in [5.74, 6) is 0.0420. The number of carbonyl (C=O) groups is 1. The molecular formula is C16H22ClN3O3. The van der Waals surface area contributed by atoms with Crippen LogP contribution in [-0.2, 0) is 11.3 Å². The number of halogens is 1. The molecule has 0 saturated carbocycles. The number of hydrogen-bond acceptors (Lipinski definition) is 4. The molecule has 0 spiro atoms. The lowest BCUT2D eigenvalue weighted by molar-refractivity contribution is -0.132. The van der Waals surface area contributed by atoms with Gasteiger partial charge in [0.25, 0.3) is 0 Å². The highest BCUT2D eigenvalue weighted by Crippen LogP contribution is 2.23. The Kier molecular flexibility index (Phi) is 5.49. The summed E-state index contributed by atoms with van der Waals surface area (Å²) in [4.78, 5) is 26.2. The zero-order valence-corrected chi connectivity index (χ0v) is 13.9. The summed E-state index contributed by atoms with van der Waals surface area (Å²) in [6, 6.07) is 7.47. The highest BCUT2D eigenvalue weighted by atomic mass is 35.5. The van der Waals surface area contributed by atoms with Gasteiger partial charge >= 0.3 is 5.76 Å². The van der Waals surface area contributed by atoms with Crippen LogP contribution < -0.4 is 11.5 Å². The number of amides is 1. The fraction of sp³-hybridized carbons (Fsp3) is 0.500. The number of benzene rings is 1. The van der Waals surface area contributed by atoms with E-state index in [4.69, 9.17) is 10.2 Å². The Labute approximate surface area is 140 Å². The van der Waals surface area contributed by atoms with Gasteiger partial charge in [-0.05, 0) is 37.9 Å². The van der Waals surface area contributed by atoms with Crippen molar-refractivity contribution in [3.8, 4) is 0 Å². The molecule has 1 aromatic carbocycles. The van der Waals surface area contributed by atoms with Crippen molar-refractivity contribution in [1.29, 1.82) is 0 Å². The fourth-order valence-corrected chi connectivity index (χ4v) is 3.24. The smallest absolute Gasteiger partial charge is 0.408 e. The van der Waals surface area contributed by atoms with Gasteiger partial charge in [-0.1, -0.05) is 12.1 Å². The predicted molar refractivity (Wildman–Crippen MR) is 90.7 cm³/mol. The van der Waals surface area contributed by atoms with Crippen molar-refractivity contribution < 1.29 is 9.21 Å². The lowest BCUT2D eigenvalue weighted by Crippen LogP contribution is -2.35. The molecule has 1 aromatic heterocycles. The van der Waals surface area contributed by atoms with Crippen LogP contribution in [0.15, 0.2) is 33.5 Å². The van der Waals surface area contributed by atoms with Gasteiger partial charge in [-0.25, -0.2) is 4.79 Å². The first-order valence-corrected chi connectivity index (χ1v) is 7.68. The van der Waals surface area contributed by atoms with E-state index < -0.39 is 5.76 Å². The van der Waals surface area contributed by atoms with Crippen LogP contribution in [0.2, 0.25) is 0 Å². The third-order valence-corrected chi connectivity index (χ3v) is 4.44. The molecule has 6 nitrogen and oxygen atoms in total. The number of nitrogens with two attached hydrogens (primary N) is 1. The topological polar surface area (TPSA) is 81.5 Å². The molecule has 7 heteroatoms. The van der Waals surface area contributed by atoms with Gasteiger partial charge in [0, 0.05) is 25.6 Å². The number of para-hydroxylation sites is 2. The van der Waals surface area contributed by atoms with Crippen molar-refractivity contribution >= 4 is 29.4 Å². The minimum atomic E-state index is -0.414. The van der Waals surface area contributed by atoms with Crippen LogP contribution in [0, 0.1) is 5.92 Å². The monoisotopic (exact) mass is 339 g/mol. The van der Waals surface area contributed by atoms with Gasteiger partial charge in [0.05, 0.1) is 5.52 Å². The van der Waals surface area contributed by atoms with E-state index in [1.807, 2.05) is 30.0 Å². The molecule has 126 valence electrons. The Balaban J connectivity index is 0.00000192. The molecule has 3 rings (SSSR count). The van der Waals surface area contributed by atoms with Crippen LogP contribution in [0.4, 0.5) is 0 Å². The normalized spacial score (nSPS) is 20.7. The number of aryl methyl sites for hydroxylation is 1. The maximum Gasteiger partial charge on any atom is 0.419 e. The summed E-state index contributed by atoms with van der Waals surface area (Å²) in [5.41, 5.74) is 6.98. The fourth-order valence-electron chi connectivity index (χ4n) is 3.24. The third kappa shape index (κ3) is 3.43. The van der Waals surface area contributed by atoms with Crippen LogP contribution in [0.5, 0.6) is 0 Å². The quantitative estimate of drug-likeness (QED) is 0.917. The average Bonchev–Trinajstić information content (AvgIpc) is 3.04. The van der Waals surface area contributed by atoms with E-state index in [-0.39, 0.29) is 24.4 Å². The minimum Gasteiger partial charge on any atom is -0.408 e. The highest BCUT2D eigenvalue weighted by Gasteiger charge is 2.31. The first-order valence-electron chi connectivity index (χ1n) is 7.68. The van der Waals surface area contributed by atoms with E-state index in [9.17, 15) is 9.59 Å². The average molecular weight is 340 g/mol. The van der Waals surface area contributed by atoms with E-state index in [2.05, 4.69) is 0 Å². The number of hydrogen-bond donors (Lipinski definition) is 1. The Hall–Kier alpha value is -1.79. The largest absolute Gasteiger partial charge is 0.419 e. The number of fused-ring (bicyclic) bond motifs is 1. The predicted octanol–water partition coefficient (Wildman–Crippen LogP) is 1.60. The summed E-state index contributed by atoms with van der Waals surface area (Å²) >= 11 is 0. The summed E-state index contributed by atoms with van der Waals surface area (Å²) in [6.07, 6.45) is 1.25. The summed E-state index contributed by atoms with van der Waals surface area (Å²) in [5, 5.41) is 0. The van der Waals surface area contributed by atoms with Gasteiger partial charge in [0.1, 0.15) is 0 Å². The van der Waals surface area contributed by atoms with Crippen molar-refractivity contribution in [3.05, 3.63) is 34.8 Å². The first-order chi connectivity index (χ1) is 10.6. The molecule has 0 aliphatic carbocycles. The lowest BCUT2D eigenvalue weighted by atomic mass is 10.1. The molecule has 0 radical (unpaired) electrons. The number of carbonyl (C=O) groups excluding carboxylic acids is 1. The van der Waals surface area contributed by atoms with Crippen molar-refractivity contribution in [3.63, 3.8) is 0 Å². The van der Waals surface area contributed by atoms with Gasteiger partial charge < -0.3 is 15.1 Å². The van der Waals surface area contributed by atoms with Crippen LogP contribution in [0.25, 0.3) is 11.1 Å². The number of likely N-dealkylation sites (tertiary alicyclic amines) is 1. The molecule has 1 fully saturated rings. The Morgan fingerprint density at radius 3 is 2.83 bits per heavy atom. The highest BCUT2D eigenvalue weighted by molar-refractivity contribution is 5.85. The Morgan fingerprint density at radius 1 is 1.39 bits per heavy atom. The Bertz CT molecular complexity index is 739. The maximum absolute atomic E-state index is 12.4. The molecule has 2 N–H and O–H groups in total. The standard InChI is InChI=1S/C16H21N3O3.ClH/c1-11-8-12(9-17)10-19(11)15(20)6-7-18-13-4-2-3-5-14(13)22-16(18)21;/h2-5,11-12H,6-10,17H2,1H3;1H. The van der Waals surface area contributed by atoms with E-state index >= 15 is 0 Å². The molecule has 1 aliphatic heterocycles. The number of oxazole rings is 1. The minimum absolute atomic E-state index is 0. The summed E-state index contributed by atoms with van der Waals surface area (Å²) in [6.45, 7) is 3.72. The molecule has 1 aliphatic rings. The van der Waals surface area contributed by atoms with Crippen LogP contribution in [0.1, 0.15) is 19.8 Å². The van der Waals surface area contributed by atoms with E-state index in [0.717, 1.165) is 18.5 Å². The SMILES string of the molecule is CC1CC(CN)CN1C(=O)CCn1c(=O)oc2ccccc21.Cl. The molecule has 2 atom stereocenters.